The molecule has 214 valence electrons. The molecule has 0 saturated carbocycles. The van der Waals surface area contributed by atoms with Crippen LogP contribution in [0.25, 0.3) is 11.3 Å². The number of rotatable bonds is 9. The molecule has 2 saturated heterocycles. The number of ether oxygens (including phenoxy) is 2. The maximum atomic E-state index is 13.6. The normalized spacial score (nSPS) is 21.3. The molecular formula is C30H33FN6O4. The minimum atomic E-state index is -0.904. The fourth-order valence-corrected chi connectivity index (χ4v) is 5.70. The Balaban J connectivity index is 1.35. The number of hydrogen-bond donors (Lipinski definition) is 1. The van der Waals surface area contributed by atoms with Gasteiger partial charge in [0.05, 0.1) is 24.4 Å². The Kier molecular flexibility index (Phi) is 8.61. The van der Waals surface area contributed by atoms with Gasteiger partial charge in [-0.2, -0.15) is 0 Å². The van der Waals surface area contributed by atoms with Crippen LogP contribution in [-0.4, -0.2) is 80.7 Å². The van der Waals surface area contributed by atoms with E-state index in [2.05, 4.69) is 16.2 Å². The minimum absolute atomic E-state index is 0.0561. The molecule has 1 unspecified atom stereocenters. The van der Waals surface area contributed by atoms with E-state index in [4.69, 9.17) is 21.6 Å². The fraction of sp³-hybridized carbons (Fsp3) is 0.400. The van der Waals surface area contributed by atoms with E-state index in [0.717, 1.165) is 11.1 Å². The van der Waals surface area contributed by atoms with Crippen molar-refractivity contribution in [3.63, 3.8) is 0 Å². The van der Waals surface area contributed by atoms with Gasteiger partial charge in [-0.1, -0.05) is 41.5 Å². The van der Waals surface area contributed by atoms with Gasteiger partial charge in [-0.15, -0.1) is 11.5 Å². The summed E-state index contributed by atoms with van der Waals surface area (Å²) in [6, 6.07) is 14.1. The number of amides is 2. The van der Waals surface area contributed by atoms with Crippen LogP contribution < -0.4 is 5.73 Å². The van der Waals surface area contributed by atoms with Crippen molar-refractivity contribution in [3.8, 4) is 23.6 Å². The summed E-state index contributed by atoms with van der Waals surface area (Å²) >= 11 is 0. The lowest BCUT2D eigenvalue weighted by Crippen LogP contribution is -2.54. The summed E-state index contributed by atoms with van der Waals surface area (Å²) in [5.41, 5.74) is 8.52. The molecule has 2 aromatic carbocycles. The van der Waals surface area contributed by atoms with Crippen LogP contribution in [-0.2, 0) is 27.4 Å². The number of hydrogen-bond acceptors (Lipinski definition) is 7. The number of likely N-dealkylation sites (tertiary alicyclic amines) is 2. The van der Waals surface area contributed by atoms with E-state index in [-0.39, 0.29) is 42.9 Å². The Labute approximate surface area is 238 Å². The molecular weight excluding hydrogens is 527 g/mol. The molecule has 5 atom stereocenters. The van der Waals surface area contributed by atoms with Crippen molar-refractivity contribution >= 4 is 12.0 Å². The molecule has 11 heteroatoms. The van der Waals surface area contributed by atoms with E-state index in [9.17, 15) is 14.0 Å². The van der Waals surface area contributed by atoms with Crippen LogP contribution in [0.2, 0.25) is 0 Å². The Morgan fingerprint density at radius 3 is 2.66 bits per heavy atom. The van der Waals surface area contributed by atoms with E-state index in [1.165, 1.54) is 12.1 Å². The molecule has 2 fully saturated rings. The van der Waals surface area contributed by atoms with Crippen LogP contribution in [0, 0.1) is 24.1 Å². The summed E-state index contributed by atoms with van der Waals surface area (Å²) in [7, 11) is 0. The molecule has 0 spiro atoms. The molecule has 2 aliphatic rings. The summed E-state index contributed by atoms with van der Waals surface area (Å²) in [5.74, 6) is 1.65. The first-order chi connectivity index (χ1) is 19.9. The van der Waals surface area contributed by atoms with Crippen molar-refractivity contribution in [2.24, 2.45) is 11.7 Å². The second-order valence-electron chi connectivity index (χ2n) is 10.4. The van der Waals surface area contributed by atoms with Crippen LogP contribution in [0.15, 0.2) is 60.8 Å². The van der Waals surface area contributed by atoms with Crippen LogP contribution in [0.5, 0.6) is 0 Å². The van der Waals surface area contributed by atoms with Gasteiger partial charge in [-0.25, -0.2) is 9.18 Å². The topological polar surface area (TPSA) is 116 Å². The zero-order chi connectivity index (χ0) is 28.9. The van der Waals surface area contributed by atoms with Gasteiger partial charge in [-0.05, 0) is 43.2 Å². The first kappa shape index (κ1) is 28.3. The molecule has 0 aliphatic carbocycles. The number of halogens is 1. The number of nitrogens with zero attached hydrogens (tertiary/aromatic N) is 5. The highest BCUT2D eigenvalue weighted by Gasteiger charge is 2.53. The SMILES string of the molecule is C#CCOC(C)[C@H](N)C(=O)N1CC[C@@H]2[C@H]1[C@@H](Cn1cc(-c3ccc(F)cc3)nn1)CN2C(=O)OCc1ccccc1. The zero-order valence-electron chi connectivity index (χ0n) is 22.8. The second kappa shape index (κ2) is 12.5. The Hall–Kier alpha value is -4.27. The molecule has 5 rings (SSSR count). The van der Waals surface area contributed by atoms with Crippen molar-refractivity contribution in [2.75, 3.05) is 19.7 Å². The predicted molar refractivity (Wildman–Crippen MR) is 148 cm³/mol. The lowest BCUT2D eigenvalue weighted by molar-refractivity contribution is -0.137. The third-order valence-electron chi connectivity index (χ3n) is 7.78. The van der Waals surface area contributed by atoms with E-state index in [1.54, 1.807) is 39.7 Å². The van der Waals surface area contributed by atoms with E-state index in [1.807, 2.05) is 30.3 Å². The quantitative estimate of drug-likeness (QED) is 0.400. The number of terminal acetylenes is 1. The number of carbonyl (C=O) groups excluding carboxylic acids is 2. The monoisotopic (exact) mass is 560 g/mol. The minimum Gasteiger partial charge on any atom is -0.445 e. The molecule has 0 radical (unpaired) electrons. The number of fused-ring (bicyclic) bond motifs is 1. The first-order valence-electron chi connectivity index (χ1n) is 13.6. The molecule has 2 amide bonds. The predicted octanol–water partition coefficient (Wildman–Crippen LogP) is 2.69. The number of benzene rings is 2. The first-order valence-corrected chi connectivity index (χ1v) is 13.6. The molecule has 10 nitrogen and oxygen atoms in total. The van der Waals surface area contributed by atoms with Gasteiger partial charge in [0, 0.05) is 31.1 Å². The molecule has 1 aromatic heterocycles. The largest absolute Gasteiger partial charge is 0.445 e. The molecule has 2 aliphatic heterocycles. The molecule has 41 heavy (non-hydrogen) atoms. The summed E-state index contributed by atoms with van der Waals surface area (Å²) in [5, 5.41) is 8.52. The Morgan fingerprint density at radius 1 is 1.17 bits per heavy atom. The van der Waals surface area contributed by atoms with Crippen molar-refractivity contribution < 1.29 is 23.5 Å². The highest BCUT2D eigenvalue weighted by molar-refractivity contribution is 5.83. The van der Waals surface area contributed by atoms with Crippen molar-refractivity contribution in [1.82, 2.24) is 24.8 Å². The summed E-state index contributed by atoms with van der Waals surface area (Å²) in [6.45, 7) is 3.15. The second-order valence-corrected chi connectivity index (χ2v) is 10.4. The van der Waals surface area contributed by atoms with E-state index < -0.39 is 18.2 Å². The summed E-state index contributed by atoms with van der Waals surface area (Å²) < 4.78 is 26.3. The van der Waals surface area contributed by atoms with Crippen molar-refractivity contribution in [2.45, 2.75) is 50.7 Å². The van der Waals surface area contributed by atoms with Crippen LogP contribution in [0.4, 0.5) is 9.18 Å². The maximum absolute atomic E-state index is 13.6. The average Bonchev–Trinajstić information content (AvgIpc) is 3.72. The van der Waals surface area contributed by atoms with Gasteiger partial charge < -0.3 is 25.0 Å². The Morgan fingerprint density at radius 2 is 1.93 bits per heavy atom. The summed E-state index contributed by atoms with van der Waals surface area (Å²) in [6.07, 6.45) is 6.67. The number of nitrogens with two attached hydrogens (primary N) is 1. The van der Waals surface area contributed by atoms with Gasteiger partial charge in [0.15, 0.2) is 0 Å². The molecule has 3 heterocycles. The third kappa shape index (κ3) is 6.24. The van der Waals surface area contributed by atoms with Gasteiger partial charge in [0.1, 0.15) is 30.8 Å². The summed E-state index contributed by atoms with van der Waals surface area (Å²) in [4.78, 5) is 30.3. The molecule has 2 N–H and O–H groups in total. The fourth-order valence-electron chi connectivity index (χ4n) is 5.70. The average molecular weight is 561 g/mol. The lowest BCUT2D eigenvalue weighted by atomic mass is 9.98. The lowest BCUT2D eigenvalue weighted by Gasteiger charge is -2.32. The van der Waals surface area contributed by atoms with E-state index >= 15 is 0 Å². The zero-order valence-corrected chi connectivity index (χ0v) is 22.8. The van der Waals surface area contributed by atoms with Crippen molar-refractivity contribution in [1.29, 1.82) is 0 Å². The number of aromatic nitrogens is 3. The van der Waals surface area contributed by atoms with E-state index in [0.29, 0.717) is 31.7 Å². The number of carbonyl (C=O) groups is 2. The smallest absolute Gasteiger partial charge is 0.410 e. The molecule has 0 bridgehead atoms. The van der Waals surface area contributed by atoms with Gasteiger partial charge in [0.25, 0.3) is 0 Å². The van der Waals surface area contributed by atoms with Gasteiger partial charge in [0.2, 0.25) is 5.91 Å². The van der Waals surface area contributed by atoms with Gasteiger partial charge in [-0.3, -0.25) is 9.48 Å². The highest BCUT2D eigenvalue weighted by atomic mass is 19.1. The Bertz CT molecular complexity index is 1390. The van der Waals surface area contributed by atoms with Crippen LogP contribution in [0.3, 0.4) is 0 Å². The van der Waals surface area contributed by atoms with Gasteiger partial charge >= 0.3 is 6.09 Å². The third-order valence-corrected chi connectivity index (χ3v) is 7.78. The highest BCUT2D eigenvalue weighted by Crippen LogP contribution is 2.37. The standard InChI is InChI=1S/C30H33FN6O4/c1-3-15-40-20(2)27(32)29(38)36-14-13-26-28(36)23(17-37(26)30(39)41-19-21-7-5-4-6-8-21)16-35-18-25(33-34-35)22-9-11-24(31)12-10-22/h1,4-12,18,20,23,26-28H,13-17,19,32H2,2H3/t20?,23-,26+,27-,28+/m0/s1. The molecule has 3 aromatic rings. The van der Waals surface area contributed by atoms with Crippen LogP contribution in [0.1, 0.15) is 18.9 Å². The van der Waals surface area contributed by atoms with Crippen molar-refractivity contribution in [3.05, 3.63) is 72.2 Å². The maximum Gasteiger partial charge on any atom is 0.410 e. The van der Waals surface area contributed by atoms with Crippen LogP contribution >= 0.6 is 0 Å².